The van der Waals surface area contributed by atoms with Gasteiger partial charge in [-0.25, -0.2) is 9.31 Å². The molecule has 8 nitrogen and oxygen atoms in total. The number of anilines is 1. The number of nitrogens with zero attached hydrogens (tertiary/aromatic N) is 5. The molecule has 0 bridgehead atoms. The number of likely N-dealkylation sites (tertiary alicyclic amines) is 1. The fourth-order valence-corrected chi connectivity index (χ4v) is 5.90. The summed E-state index contributed by atoms with van der Waals surface area (Å²) in [7, 11) is 1.85. The Hall–Kier alpha value is -3.10. The van der Waals surface area contributed by atoms with Gasteiger partial charge in [-0.3, -0.25) is 4.90 Å². The minimum absolute atomic E-state index is 0.0216. The lowest BCUT2D eigenvalue weighted by Crippen LogP contribution is -2.53. The number of aromatic nitrogens is 2. The van der Waals surface area contributed by atoms with Crippen LogP contribution < -0.4 is 10.2 Å². The van der Waals surface area contributed by atoms with Gasteiger partial charge in [0.15, 0.2) is 0 Å². The van der Waals surface area contributed by atoms with Crippen molar-refractivity contribution in [3.05, 3.63) is 54.4 Å². The Balaban J connectivity index is 1.34. The van der Waals surface area contributed by atoms with Crippen molar-refractivity contribution in [3.63, 3.8) is 0 Å². The van der Waals surface area contributed by atoms with Crippen LogP contribution in [-0.4, -0.2) is 83.9 Å². The lowest BCUT2D eigenvalue weighted by Gasteiger charge is -2.44. The lowest BCUT2D eigenvalue weighted by atomic mass is 9.84. The van der Waals surface area contributed by atoms with E-state index in [1.807, 2.05) is 36.6 Å². The molecule has 1 aromatic carbocycles. The first-order chi connectivity index (χ1) is 18.3. The standard InChI is InChI=1S/C30H42N6O2/c1-22(2)32-29(37)34-17-15-33(16-18-34)27-11-13-31-36-20-25(19-28(27)36)24-7-9-26(10-8-24)30(38-5)12-6-14-35(21-30)23(3)4/h7-11,13,19-20,22-23H,6,12,14-18,21H2,1-5H3,(H,32,37). The molecule has 1 N–H and O–H groups in total. The Kier molecular flexibility index (Phi) is 7.63. The molecule has 0 spiro atoms. The first kappa shape index (κ1) is 26.5. The molecule has 3 aromatic rings. The number of rotatable bonds is 6. The third-order valence-electron chi connectivity index (χ3n) is 8.16. The molecule has 204 valence electrons. The van der Waals surface area contributed by atoms with Crippen LogP contribution in [0.1, 0.15) is 46.1 Å². The highest BCUT2D eigenvalue weighted by molar-refractivity contribution is 5.80. The molecule has 5 rings (SSSR count). The molecule has 38 heavy (non-hydrogen) atoms. The molecule has 2 aliphatic rings. The highest BCUT2D eigenvalue weighted by atomic mass is 16.5. The van der Waals surface area contributed by atoms with E-state index in [0.29, 0.717) is 19.1 Å². The van der Waals surface area contributed by atoms with Crippen LogP contribution in [0.5, 0.6) is 0 Å². The minimum Gasteiger partial charge on any atom is -0.372 e. The summed E-state index contributed by atoms with van der Waals surface area (Å²) in [5, 5.41) is 7.59. The van der Waals surface area contributed by atoms with Gasteiger partial charge in [-0.1, -0.05) is 24.3 Å². The molecule has 1 atom stereocenters. The Morgan fingerprint density at radius 3 is 2.39 bits per heavy atom. The van der Waals surface area contributed by atoms with Crippen molar-refractivity contribution in [1.29, 1.82) is 0 Å². The van der Waals surface area contributed by atoms with Crippen molar-refractivity contribution in [2.45, 2.75) is 58.2 Å². The number of piperazine rings is 1. The maximum atomic E-state index is 12.4. The zero-order valence-electron chi connectivity index (χ0n) is 23.5. The Morgan fingerprint density at radius 1 is 1.00 bits per heavy atom. The van der Waals surface area contributed by atoms with E-state index in [2.05, 4.69) is 76.7 Å². The second-order valence-electron chi connectivity index (χ2n) is 11.3. The molecule has 2 amide bonds. The van der Waals surface area contributed by atoms with Gasteiger partial charge in [-0.2, -0.15) is 5.10 Å². The fraction of sp³-hybridized carbons (Fsp3) is 0.533. The van der Waals surface area contributed by atoms with Crippen molar-refractivity contribution < 1.29 is 9.53 Å². The molecule has 0 aliphatic carbocycles. The summed E-state index contributed by atoms with van der Waals surface area (Å²) in [5.41, 5.74) is 5.54. The van der Waals surface area contributed by atoms with Gasteiger partial charge in [0.25, 0.3) is 0 Å². The quantitative estimate of drug-likeness (QED) is 0.517. The zero-order chi connectivity index (χ0) is 26.9. The summed E-state index contributed by atoms with van der Waals surface area (Å²) in [6, 6.07) is 13.9. The van der Waals surface area contributed by atoms with Crippen molar-refractivity contribution >= 4 is 17.2 Å². The predicted molar refractivity (Wildman–Crippen MR) is 153 cm³/mol. The normalized spacial score (nSPS) is 21.0. The van der Waals surface area contributed by atoms with Crippen LogP contribution in [0.25, 0.3) is 16.6 Å². The van der Waals surface area contributed by atoms with E-state index in [0.717, 1.165) is 55.8 Å². The maximum absolute atomic E-state index is 12.4. The van der Waals surface area contributed by atoms with Gasteiger partial charge in [0, 0.05) is 69.9 Å². The molecule has 0 saturated carbocycles. The number of hydrogen-bond donors (Lipinski definition) is 1. The van der Waals surface area contributed by atoms with Crippen LogP contribution in [0, 0.1) is 0 Å². The summed E-state index contributed by atoms with van der Waals surface area (Å²) in [5.74, 6) is 0. The lowest BCUT2D eigenvalue weighted by molar-refractivity contribution is -0.0767. The molecule has 8 heteroatoms. The molecule has 1 unspecified atom stereocenters. The van der Waals surface area contributed by atoms with Crippen LogP contribution >= 0.6 is 0 Å². The van der Waals surface area contributed by atoms with Crippen LogP contribution in [0.2, 0.25) is 0 Å². The van der Waals surface area contributed by atoms with E-state index in [1.165, 1.54) is 11.1 Å². The van der Waals surface area contributed by atoms with Gasteiger partial charge in [0.05, 0.1) is 11.2 Å². The van der Waals surface area contributed by atoms with Gasteiger partial charge in [0.2, 0.25) is 0 Å². The van der Waals surface area contributed by atoms with Crippen LogP contribution in [0.15, 0.2) is 48.8 Å². The molecule has 2 saturated heterocycles. The first-order valence-electron chi connectivity index (χ1n) is 14.0. The number of methoxy groups -OCH3 is 1. The van der Waals surface area contributed by atoms with Gasteiger partial charge in [-0.15, -0.1) is 0 Å². The van der Waals surface area contributed by atoms with Gasteiger partial charge >= 0.3 is 6.03 Å². The average Bonchev–Trinajstić information content (AvgIpc) is 3.37. The highest BCUT2D eigenvalue weighted by Crippen LogP contribution is 2.37. The smallest absolute Gasteiger partial charge is 0.317 e. The predicted octanol–water partition coefficient (Wildman–Crippen LogP) is 4.59. The third kappa shape index (κ3) is 5.24. The number of fused-ring (bicyclic) bond motifs is 1. The van der Waals surface area contributed by atoms with E-state index in [-0.39, 0.29) is 17.7 Å². The molecular weight excluding hydrogens is 476 g/mol. The second kappa shape index (κ2) is 10.9. The topological polar surface area (TPSA) is 65.3 Å². The van der Waals surface area contributed by atoms with Crippen LogP contribution in [0.4, 0.5) is 10.5 Å². The number of ether oxygens (including phenoxy) is 1. The van der Waals surface area contributed by atoms with E-state index >= 15 is 0 Å². The van der Waals surface area contributed by atoms with Crippen molar-refractivity contribution in [1.82, 2.24) is 24.7 Å². The number of benzene rings is 1. The molecule has 2 aromatic heterocycles. The van der Waals surface area contributed by atoms with Crippen LogP contribution in [-0.2, 0) is 10.3 Å². The zero-order valence-corrected chi connectivity index (χ0v) is 23.5. The molecule has 2 aliphatic heterocycles. The summed E-state index contributed by atoms with van der Waals surface area (Å²) >= 11 is 0. The van der Waals surface area contributed by atoms with E-state index in [1.54, 1.807) is 0 Å². The van der Waals surface area contributed by atoms with Gasteiger partial charge < -0.3 is 19.9 Å². The SMILES string of the molecule is COC1(c2ccc(-c3cc4c(N5CCN(C(=O)NC(C)C)CC5)ccnn4c3)cc2)CCCN(C(C)C)C1. The molecule has 0 radical (unpaired) electrons. The largest absolute Gasteiger partial charge is 0.372 e. The average molecular weight is 519 g/mol. The number of hydrogen-bond acceptors (Lipinski definition) is 5. The van der Waals surface area contributed by atoms with E-state index in [4.69, 9.17) is 4.74 Å². The highest BCUT2D eigenvalue weighted by Gasteiger charge is 2.38. The summed E-state index contributed by atoms with van der Waals surface area (Å²) in [4.78, 5) is 19.2. The summed E-state index contributed by atoms with van der Waals surface area (Å²) in [6.45, 7) is 13.6. The van der Waals surface area contributed by atoms with E-state index < -0.39 is 0 Å². The summed E-state index contributed by atoms with van der Waals surface area (Å²) in [6.07, 6.45) is 6.15. The molecule has 2 fully saturated rings. The number of amides is 2. The number of nitrogens with one attached hydrogen (secondary N) is 1. The number of carbonyl (C=O) groups is 1. The van der Waals surface area contributed by atoms with Gasteiger partial charge in [0.1, 0.15) is 5.60 Å². The number of urea groups is 1. The monoisotopic (exact) mass is 518 g/mol. The minimum atomic E-state index is -0.254. The maximum Gasteiger partial charge on any atom is 0.317 e. The van der Waals surface area contributed by atoms with Crippen molar-refractivity contribution in [2.75, 3.05) is 51.3 Å². The fourth-order valence-electron chi connectivity index (χ4n) is 5.90. The Bertz CT molecular complexity index is 1250. The Morgan fingerprint density at radius 2 is 1.74 bits per heavy atom. The van der Waals surface area contributed by atoms with Crippen molar-refractivity contribution in [2.24, 2.45) is 0 Å². The second-order valence-corrected chi connectivity index (χ2v) is 11.3. The van der Waals surface area contributed by atoms with Gasteiger partial charge in [-0.05, 0) is 70.3 Å². The molecular formula is C30H42N6O2. The number of carbonyl (C=O) groups excluding carboxylic acids is 1. The first-order valence-corrected chi connectivity index (χ1v) is 14.0. The Labute approximate surface area is 226 Å². The third-order valence-corrected chi connectivity index (χ3v) is 8.16. The molecule has 4 heterocycles. The summed E-state index contributed by atoms with van der Waals surface area (Å²) < 4.78 is 8.14. The van der Waals surface area contributed by atoms with Crippen LogP contribution in [0.3, 0.4) is 0 Å². The number of piperidine rings is 1. The van der Waals surface area contributed by atoms with Crippen molar-refractivity contribution in [3.8, 4) is 11.1 Å². The van der Waals surface area contributed by atoms with E-state index in [9.17, 15) is 4.79 Å².